The Bertz CT molecular complexity index is 970. The van der Waals surface area contributed by atoms with E-state index in [2.05, 4.69) is 26.8 Å². The summed E-state index contributed by atoms with van der Waals surface area (Å²) in [5.41, 5.74) is 2.13. The van der Waals surface area contributed by atoms with Crippen molar-refractivity contribution >= 4 is 33.8 Å². The molecule has 1 amide bonds. The number of hydrogen-bond donors (Lipinski definition) is 1. The lowest BCUT2D eigenvalue weighted by Gasteiger charge is -2.02. The number of carbonyl (C=O) groups is 1. The maximum atomic E-state index is 12.2. The lowest BCUT2D eigenvalue weighted by molar-refractivity contribution is -0.117. The predicted molar refractivity (Wildman–Crippen MR) is 95.4 cm³/mol. The summed E-state index contributed by atoms with van der Waals surface area (Å²) in [6.07, 6.45) is 0. The molecule has 9 heteroatoms. The highest BCUT2D eigenvalue weighted by Crippen LogP contribution is 2.31. The summed E-state index contributed by atoms with van der Waals surface area (Å²) >= 11 is 7.23. The first-order chi connectivity index (χ1) is 12.0. The molecule has 1 aromatic carbocycles. The third-order valence-corrected chi connectivity index (χ3v) is 4.97. The molecule has 2 aromatic heterocycles. The van der Waals surface area contributed by atoms with Crippen LogP contribution < -0.4 is 5.32 Å². The average Bonchev–Trinajstić information content (AvgIpc) is 3.13. The number of aromatic nitrogens is 4. The van der Waals surface area contributed by atoms with Crippen molar-refractivity contribution in [2.75, 3.05) is 5.32 Å². The first-order valence-corrected chi connectivity index (χ1v) is 8.51. The molecule has 0 radical (unpaired) electrons. The zero-order chi connectivity index (χ0) is 18.0. The highest BCUT2D eigenvalue weighted by atomic mass is 35.5. The van der Waals surface area contributed by atoms with Crippen LogP contribution >= 0.6 is 22.9 Å². The number of rotatable bonds is 4. The third kappa shape index (κ3) is 3.68. The van der Waals surface area contributed by atoms with Gasteiger partial charge in [0.25, 0.3) is 0 Å². The molecule has 0 saturated carbocycles. The predicted octanol–water partition coefficient (Wildman–Crippen LogP) is 3.18. The van der Waals surface area contributed by atoms with Gasteiger partial charge in [0.15, 0.2) is 0 Å². The molecular weight excluding hydrogens is 360 g/mol. The monoisotopic (exact) mass is 372 g/mol. The number of anilines is 1. The number of amides is 1. The van der Waals surface area contributed by atoms with Gasteiger partial charge < -0.3 is 5.32 Å². The number of halogens is 1. The Morgan fingerprint density at radius 1 is 1.36 bits per heavy atom. The van der Waals surface area contributed by atoms with E-state index in [1.165, 1.54) is 16.1 Å². The maximum Gasteiger partial charge on any atom is 0.248 e. The lowest BCUT2D eigenvalue weighted by atomic mass is 10.2. The summed E-state index contributed by atoms with van der Waals surface area (Å²) in [4.78, 5) is 14.4. The van der Waals surface area contributed by atoms with E-state index in [0.29, 0.717) is 21.4 Å². The van der Waals surface area contributed by atoms with Crippen LogP contribution in [0.2, 0.25) is 5.02 Å². The van der Waals surface area contributed by atoms with Crippen LogP contribution in [-0.4, -0.2) is 26.1 Å². The molecule has 2 heterocycles. The smallest absolute Gasteiger partial charge is 0.248 e. The van der Waals surface area contributed by atoms with Gasteiger partial charge in [0, 0.05) is 15.5 Å². The van der Waals surface area contributed by atoms with Crippen molar-refractivity contribution in [3.63, 3.8) is 0 Å². The van der Waals surface area contributed by atoms with Crippen molar-refractivity contribution in [3.05, 3.63) is 45.3 Å². The zero-order valence-electron chi connectivity index (χ0n) is 13.4. The van der Waals surface area contributed by atoms with Crippen LogP contribution in [0, 0.1) is 25.2 Å². The number of carbonyl (C=O) groups excluding carboxylic acids is 1. The van der Waals surface area contributed by atoms with E-state index >= 15 is 0 Å². The highest BCUT2D eigenvalue weighted by molar-refractivity contribution is 7.16. The molecule has 0 aliphatic carbocycles. The molecule has 0 fully saturated rings. The molecule has 0 bridgehead atoms. The standard InChI is InChI=1S/C16H13ClN6OS/c1-9-10(2)25-16(13(9)7-18)19-14(24)8-23-21-15(20-22-23)11-3-5-12(17)6-4-11/h3-6H,8H2,1-2H3,(H,19,24). The number of thiophene rings is 1. The second-order valence-corrected chi connectivity index (χ2v) is 6.96. The Morgan fingerprint density at radius 2 is 2.08 bits per heavy atom. The van der Waals surface area contributed by atoms with Gasteiger partial charge in [-0.05, 0) is 48.9 Å². The van der Waals surface area contributed by atoms with Gasteiger partial charge in [-0.2, -0.15) is 10.1 Å². The SMILES string of the molecule is Cc1sc(NC(=O)Cn2nnc(-c3ccc(Cl)cc3)n2)c(C#N)c1C. The van der Waals surface area contributed by atoms with Gasteiger partial charge in [-0.15, -0.1) is 21.5 Å². The van der Waals surface area contributed by atoms with E-state index < -0.39 is 0 Å². The Labute approximate surface area is 152 Å². The summed E-state index contributed by atoms with van der Waals surface area (Å²) in [6, 6.07) is 9.14. The van der Waals surface area contributed by atoms with Crippen molar-refractivity contribution in [3.8, 4) is 17.5 Å². The van der Waals surface area contributed by atoms with Crippen LogP contribution in [0.4, 0.5) is 5.00 Å². The van der Waals surface area contributed by atoms with E-state index in [1.54, 1.807) is 24.3 Å². The number of benzene rings is 1. The molecule has 0 aliphatic rings. The molecule has 3 rings (SSSR count). The Hall–Kier alpha value is -2.76. The molecule has 25 heavy (non-hydrogen) atoms. The van der Waals surface area contributed by atoms with Gasteiger partial charge in [-0.3, -0.25) is 4.79 Å². The van der Waals surface area contributed by atoms with Crippen molar-refractivity contribution in [1.82, 2.24) is 20.2 Å². The van der Waals surface area contributed by atoms with E-state index in [-0.39, 0.29) is 12.5 Å². The van der Waals surface area contributed by atoms with Crippen LogP contribution in [0.1, 0.15) is 16.0 Å². The van der Waals surface area contributed by atoms with E-state index in [4.69, 9.17) is 11.6 Å². The van der Waals surface area contributed by atoms with Gasteiger partial charge in [0.05, 0.1) is 5.56 Å². The summed E-state index contributed by atoms with van der Waals surface area (Å²) < 4.78 is 0. The number of aryl methyl sites for hydroxylation is 1. The molecule has 1 N–H and O–H groups in total. The largest absolute Gasteiger partial charge is 0.315 e. The highest BCUT2D eigenvalue weighted by Gasteiger charge is 2.16. The minimum absolute atomic E-state index is 0.0958. The van der Waals surface area contributed by atoms with Crippen LogP contribution in [0.3, 0.4) is 0 Å². The van der Waals surface area contributed by atoms with Gasteiger partial charge in [-0.25, -0.2) is 0 Å². The number of tetrazole rings is 1. The number of nitrogens with zero attached hydrogens (tertiary/aromatic N) is 5. The molecule has 0 atom stereocenters. The molecule has 0 saturated heterocycles. The maximum absolute atomic E-state index is 12.2. The van der Waals surface area contributed by atoms with Crippen molar-refractivity contribution < 1.29 is 4.79 Å². The van der Waals surface area contributed by atoms with Gasteiger partial charge in [0.2, 0.25) is 11.7 Å². The quantitative estimate of drug-likeness (QED) is 0.758. The molecular formula is C16H13ClN6OS. The number of nitriles is 1. The second kappa shape index (κ2) is 7.01. The normalized spacial score (nSPS) is 10.5. The first kappa shape index (κ1) is 17.1. The van der Waals surface area contributed by atoms with Crippen LogP contribution in [0.25, 0.3) is 11.4 Å². The summed E-state index contributed by atoms with van der Waals surface area (Å²) in [6.45, 7) is 3.67. The van der Waals surface area contributed by atoms with Gasteiger partial charge in [0.1, 0.15) is 17.6 Å². The summed E-state index contributed by atoms with van der Waals surface area (Å²) in [5.74, 6) is 0.0859. The van der Waals surface area contributed by atoms with Gasteiger partial charge >= 0.3 is 0 Å². The third-order valence-electron chi connectivity index (χ3n) is 3.59. The lowest BCUT2D eigenvalue weighted by Crippen LogP contribution is -2.20. The topological polar surface area (TPSA) is 96.5 Å². The fourth-order valence-electron chi connectivity index (χ4n) is 2.17. The minimum atomic E-state index is -0.321. The Kier molecular flexibility index (Phi) is 4.79. The molecule has 7 nitrogen and oxygen atoms in total. The summed E-state index contributed by atoms with van der Waals surface area (Å²) in [5, 5.41) is 25.1. The van der Waals surface area contributed by atoms with Crippen LogP contribution in [0.5, 0.6) is 0 Å². The molecule has 0 unspecified atom stereocenters. The number of nitrogens with one attached hydrogen (secondary N) is 1. The molecule has 0 spiro atoms. The van der Waals surface area contributed by atoms with Crippen molar-refractivity contribution in [2.45, 2.75) is 20.4 Å². The number of hydrogen-bond acceptors (Lipinski definition) is 6. The molecule has 3 aromatic rings. The first-order valence-electron chi connectivity index (χ1n) is 7.31. The minimum Gasteiger partial charge on any atom is -0.315 e. The van der Waals surface area contributed by atoms with E-state index in [9.17, 15) is 10.1 Å². The van der Waals surface area contributed by atoms with E-state index in [0.717, 1.165) is 16.0 Å². The fourth-order valence-corrected chi connectivity index (χ4v) is 3.32. The van der Waals surface area contributed by atoms with Crippen LogP contribution in [-0.2, 0) is 11.3 Å². The van der Waals surface area contributed by atoms with Gasteiger partial charge in [-0.1, -0.05) is 11.6 Å². The van der Waals surface area contributed by atoms with Crippen molar-refractivity contribution in [2.24, 2.45) is 0 Å². The fraction of sp³-hybridized carbons (Fsp3) is 0.188. The van der Waals surface area contributed by atoms with Crippen molar-refractivity contribution in [1.29, 1.82) is 5.26 Å². The zero-order valence-corrected chi connectivity index (χ0v) is 15.0. The average molecular weight is 373 g/mol. The Morgan fingerprint density at radius 3 is 2.76 bits per heavy atom. The Balaban J connectivity index is 1.71. The molecule has 0 aliphatic heterocycles. The van der Waals surface area contributed by atoms with E-state index in [1.807, 2.05) is 13.8 Å². The second-order valence-electron chi connectivity index (χ2n) is 5.30. The molecule has 126 valence electrons. The van der Waals surface area contributed by atoms with Crippen LogP contribution in [0.15, 0.2) is 24.3 Å². The summed E-state index contributed by atoms with van der Waals surface area (Å²) in [7, 11) is 0.